The van der Waals surface area contributed by atoms with E-state index in [4.69, 9.17) is 62.4 Å². The van der Waals surface area contributed by atoms with Crippen molar-refractivity contribution in [1.82, 2.24) is 37.9 Å². The highest BCUT2D eigenvalue weighted by Gasteiger charge is 2.38. The van der Waals surface area contributed by atoms with E-state index >= 15 is 0 Å². The lowest BCUT2D eigenvalue weighted by atomic mass is 10.1. The van der Waals surface area contributed by atoms with E-state index < -0.39 is 70.5 Å². The second-order valence-corrected chi connectivity index (χ2v) is 31.1. The number of piperazine rings is 4. The molecule has 0 N–H and O–H groups in total. The average molecular weight is 1760 g/mol. The molecule has 40 heteroatoms. The third-order valence-corrected chi connectivity index (χ3v) is 23.2. The summed E-state index contributed by atoms with van der Waals surface area (Å²) < 4.78 is 23.3. The Hall–Kier alpha value is -12.8. The third-order valence-electron chi connectivity index (χ3n) is 21.1. The van der Waals surface area contributed by atoms with Crippen molar-refractivity contribution in [1.29, 1.82) is 0 Å². The number of carbonyl (C=O) groups excluding carboxylic acids is 4. The maximum atomic E-state index is 13.1. The number of rotatable bonds is 12. The number of halogens is 6. The van der Waals surface area contributed by atoms with Gasteiger partial charge >= 0.3 is 45.0 Å². The normalized spacial score (nSPS) is 14.3. The van der Waals surface area contributed by atoms with Crippen LogP contribution in [0.5, 0.6) is 0 Å². The van der Waals surface area contributed by atoms with E-state index in [9.17, 15) is 83.2 Å². The van der Waals surface area contributed by atoms with Crippen molar-refractivity contribution >= 4 is 182 Å². The maximum absolute atomic E-state index is 13.1. The number of nitro groups is 4. The van der Waals surface area contributed by atoms with Gasteiger partial charge in [0.25, 0.3) is 23.6 Å². The van der Waals surface area contributed by atoms with Gasteiger partial charge in [-0.25, -0.2) is 4.39 Å². The molecule has 620 valence electrons. The molecule has 33 nitrogen and oxygen atoms in total. The Labute approximate surface area is 707 Å². The lowest BCUT2D eigenvalue weighted by molar-refractivity contribution is -0.385. The van der Waals surface area contributed by atoms with Crippen LogP contribution < -0.4 is 41.8 Å². The quantitative estimate of drug-likeness (QED) is 0.0809. The Bertz CT molecular complexity index is 5980. The topological polar surface area (TPSA) is 368 Å². The molecule has 4 amide bonds. The molecule has 0 saturated carbocycles. The van der Waals surface area contributed by atoms with E-state index in [0.29, 0.717) is 189 Å². The van der Waals surface area contributed by atoms with Crippen LogP contribution in [0.3, 0.4) is 0 Å². The fourth-order valence-corrected chi connectivity index (χ4v) is 16.6. The smallest absolute Gasteiger partial charge is 0.357 e. The molecule has 10 heterocycles. The number of aromatic nitrogens is 4. The van der Waals surface area contributed by atoms with Crippen LogP contribution in [0.25, 0.3) is 43.6 Å². The van der Waals surface area contributed by atoms with Gasteiger partial charge in [0.1, 0.15) is 28.6 Å². The summed E-state index contributed by atoms with van der Waals surface area (Å²) in [5.74, 6) is -0.846. The van der Waals surface area contributed by atoms with E-state index in [1.807, 2.05) is 11.4 Å². The fraction of sp³-hybridized carbons (Fsp3) is 0.250. The van der Waals surface area contributed by atoms with Gasteiger partial charge in [-0.05, 0) is 145 Å². The number of furan rings is 1. The summed E-state index contributed by atoms with van der Waals surface area (Å²) in [5.41, 5.74) is -0.691. The number of aryl methyl sites for hydroxylation is 4. The molecule has 0 atom stereocenters. The minimum atomic E-state index is -0.709. The third kappa shape index (κ3) is 17.3. The van der Waals surface area contributed by atoms with Gasteiger partial charge in [-0.2, -0.15) is 0 Å². The molecular formula is C80H70Cl5FN16O17S. The van der Waals surface area contributed by atoms with Crippen LogP contribution in [-0.4, -0.2) is 186 Å². The molecule has 0 aliphatic carbocycles. The van der Waals surface area contributed by atoms with Crippen LogP contribution in [0, 0.1) is 46.3 Å². The first-order valence-corrected chi connectivity index (χ1v) is 39.7. The molecule has 16 rings (SSSR count). The van der Waals surface area contributed by atoms with E-state index in [1.165, 1.54) is 88.3 Å². The fourth-order valence-electron chi connectivity index (χ4n) is 15.1. The summed E-state index contributed by atoms with van der Waals surface area (Å²) in [6, 6.07) is 38.5. The molecule has 4 fully saturated rings. The molecule has 4 saturated heterocycles. The lowest BCUT2D eigenvalue weighted by Gasteiger charge is -2.36. The summed E-state index contributed by atoms with van der Waals surface area (Å²) in [7, 11) is 5.98. The number of hydrogen-bond acceptors (Lipinski definition) is 22. The van der Waals surface area contributed by atoms with Crippen LogP contribution in [-0.2, 0) is 28.2 Å². The van der Waals surface area contributed by atoms with E-state index in [1.54, 1.807) is 154 Å². The Kier molecular flexibility index (Phi) is 25.4. The Balaban J connectivity index is 0.000000138. The Morgan fingerprint density at radius 3 is 0.900 bits per heavy atom. The van der Waals surface area contributed by atoms with Gasteiger partial charge in [-0.1, -0.05) is 64.1 Å². The number of fused-ring (bicyclic) bond motifs is 4. The summed E-state index contributed by atoms with van der Waals surface area (Å²) in [5, 5.41) is 53.3. The number of pyridine rings is 4. The molecule has 0 unspecified atom stereocenters. The number of carbonyl (C=O) groups is 4. The molecule has 12 aromatic rings. The van der Waals surface area contributed by atoms with Crippen molar-refractivity contribution in [3.05, 3.63) is 292 Å². The number of thiophene rings is 1. The second kappa shape index (κ2) is 35.8. The summed E-state index contributed by atoms with van der Waals surface area (Å²) in [4.78, 5) is 160. The molecule has 4 aliphatic heterocycles. The van der Waals surface area contributed by atoms with E-state index in [0.717, 1.165) is 0 Å². The largest absolute Gasteiger partial charge is 0.459 e. The van der Waals surface area contributed by atoms with Gasteiger partial charge in [0.15, 0.2) is 5.76 Å². The zero-order valence-electron chi connectivity index (χ0n) is 64.1. The van der Waals surface area contributed by atoms with Crippen LogP contribution >= 0.6 is 69.3 Å². The first kappa shape index (κ1) is 85.1. The van der Waals surface area contributed by atoms with Crippen molar-refractivity contribution in [3.63, 3.8) is 0 Å². The van der Waals surface area contributed by atoms with Crippen LogP contribution in [0.15, 0.2) is 181 Å². The zero-order valence-corrected chi connectivity index (χ0v) is 68.7. The molecule has 0 bridgehead atoms. The maximum Gasteiger partial charge on any atom is 0.357 e. The van der Waals surface area contributed by atoms with Crippen molar-refractivity contribution in [2.24, 2.45) is 28.2 Å². The molecular weight excluding hydrogens is 1690 g/mol. The monoisotopic (exact) mass is 1750 g/mol. The van der Waals surface area contributed by atoms with Crippen molar-refractivity contribution in [3.8, 4) is 0 Å². The van der Waals surface area contributed by atoms with Gasteiger partial charge in [-0.3, -0.25) is 78.8 Å². The number of hydrogen-bond donors (Lipinski definition) is 0. The predicted molar refractivity (Wildman–Crippen MR) is 457 cm³/mol. The standard InChI is InChI=1S/C21H18Cl2N4O4.C21H18ClFN4O4.C19H17ClN4O5.C19H17ClN4O4S/c1-24-17-7-6-15(23)12-16(17)18(19(21(24)29)27(30)31)25-8-10-26(11-9-25)20(28)13-2-4-14(22)5-3-13;1-24-17-7-4-14(22)12-16(17)18(19(21(24)29)27(30)31)25-8-10-26(11-9-25)20(28)13-2-5-15(23)6-3-13;2*1-21-14-5-4-12(20)11-13(14)16(17(19(21)26)24(27)28)22-6-8-23(9-7-22)18(25)15-3-2-10-29-15/h2*2-7,12H,8-11H2,1H3;2*2-5,10-11H,6-9H2,1H3. The van der Waals surface area contributed by atoms with Crippen LogP contribution in [0.2, 0.25) is 25.1 Å². The molecule has 0 spiro atoms. The van der Waals surface area contributed by atoms with E-state index in [2.05, 4.69) is 0 Å². The first-order valence-electron chi connectivity index (χ1n) is 36.9. The van der Waals surface area contributed by atoms with Crippen LogP contribution in [0.4, 0.5) is 49.9 Å². The van der Waals surface area contributed by atoms with Crippen molar-refractivity contribution < 1.29 is 47.7 Å². The highest BCUT2D eigenvalue weighted by atomic mass is 35.5. The number of benzene rings is 6. The van der Waals surface area contributed by atoms with Gasteiger partial charge in [0.2, 0.25) is 0 Å². The summed E-state index contributed by atoms with van der Waals surface area (Å²) in [6.07, 6.45) is 1.43. The summed E-state index contributed by atoms with van der Waals surface area (Å²) >= 11 is 31.9. The second-order valence-electron chi connectivity index (χ2n) is 28.0. The SMILES string of the molecule is Cn1c(=O)c([N+](=O)[O-])c(N2CCN(C(=O)c3ccc(Cl)cc3)CC2)c2cc(Cl)ccc21.Cn1c(=O)c([N+](=O)[O-])c(N2CCN(C(=O)c3ccc(F)cc3)CC2)c2cc(Cl)ccc21.Cn1c(=O)c([N+](=O)[O-])c(N2CCN(C(=O)c3ccco3)CC2)c2cc(Cl)ccc21.Cn1c(=O)c([N+](=O)[O-])c(N2CCN(C(=O)c3cccs3)CC2)c2cc(Cl)ccc21. The first-order chi connectivity index (χ1) is 57.3. The van der Waals surface area contributed by atoms with Gasteiger partial charge < -0.3 is 61.9 Å². The molecule has 120 heavy (non-hydrogen) atoms. The predicted octanol–water partition coefficient (Wildman–Crippen LogP) is 12.7. The Morgan fingerprint density at radius 2 is 0.633 bits per heavy atom. The number of nitrogens with zero attached hydrogens (tertiary/aromatic N) is 16. The highest BCUT2D eigenvalue weighted by molar-refractivity contribution is 7.12. The van der Waals surface area contributed by atoms with Crippen LogP contribution in [0.1, 0.15) is 40.9 Å². The molecule has 4 aliphatic rings. The molecule has 0 radical (unpaired) electrons. The summed E-state index contributed by atoms with van der Waals surface area (Å²) in [6.45, 7) is 5.51. The van der Waals surface area contributed by atoms with Crippen molar-refractivity contribution in [2.75, 3.05) is 124 Å². The minimum Gasteiger partial charge on any atom is -0.459 e. The average Bonchev–Trinajstić information content (AvgIpc) is 0.793. The molecule has 6 aromatic carbocycles. The number of amides is 4. The van der Waals surface area contributed by atoms with Crippen molar-refractivity contribution in [2.45, 2.75) is 0 Å². The minimum absolute atomic E-state index is 0.0500. The Morgan fingerprint density at radius 1 is 0.358 bits per heavy atom. The number of anilines is 4. The lowest BCUT2D eigenvalue weighted by Crippen LogP contribution is -2.49. The van der Waals surface area contributed by atoms with E-state index in [-0.39, 0.29) is 52.1 Å². The highest BCUT2D eigenvalue weighted by Crippen LogP contribution is 2.41. The zero-order chi connectivity index (χ0) is 86.0. The van der Waals surface area contributed by atoms with Gasteiger partial charge in [-0.15, -0.1) is 11.3 Å². The molecule has 6 aromatic heterocycles. The van der Waals surface area contributed by atoms with Gasteiger partial charge in [0, 0.05) is 191 Å². The van der Waals surface area contributed by atoms with Gasteiger partial charge in [0.05, 0.1) is 52.9 Å².